The van der Waals surface area contributed by atoms with Crippen LogP contribution in [0, 0.1) is 11.7 Å². The average Bonchev–Trinajstić information content (AvgIpc) is 3.54. The van der Waals surface area contributed by atoms with Crippen LogP contribution >= 0.6 is 0 Å². The second-order valence-corrected chi connectivity index (χ2v) is 7.31. The molecule has 0 radical (unpaired) electrons. The van der Waals surface area contributed by atoms with E-state index in [2.05, 4.69) is 0 Å². The van der Waals surface area contributed by atoms with Crippen molar-refractivity contribution >= 4 is 11.8 Å². The third-order valence-corrected chi connectivity index (χ3v) is 5.32. The fourth-order valence-corrected chi connectivity index (χ4v) is 3.63. The van der Waals surface area contributed by atoms with Crippen LogP contribution in [0.5, 0.6) is 0 Å². The van der Waals surface area contributed by atoms with Gasteiger partial charge in [-0.05, 0) is 43.0 Å². The minimum absolute atomic E-state index is 0.0612. The molecule has 1 saturated heterocycles. The van der Waals surface area contributed by atoms with E-state index in [4.69, 9.17) is 0 Å². The van der Waals surface area contributed by atoms with Gasteiger partial charge in [-0.1, -0.05) is 30.3 Å². The Kier molecular flexibility index (Phi) is 4.92. The fraction of sp³-hybridized carbons (Fsp3) is 0.364. The van der Waals surface area contributed by atoms with Crippen LogP contribution in [0.25, 0.3) is 11.1 Å². The molecule has 0 N–H and O–H groups in total. The van der Waals surface area contributed by atoms with Gasteiger partial charge in [0.15, 0.2) is 0 Å². The molecule has 0 bridgehead atoms. The van der Waals surface area contributed by atoms with Gasteiger partial charge in [-0.25, -0.2) is 4.39 Å². The lowest BCUT2D eigenvalue weighted by Gasteiger charge is -2.22. The van der Waals surface area contributed by atoms with E-state index in [1.807, 2.05) is 11.0 Å². The van der Waals surface area contributed by atoms with Crippen molar-refractivity contribution in [2.75, 3.05) is 26.2 Å². The molecule has 1 saturated carbocycles. The molecule has 27 heavy (non-hydrogen) atoms. The maximum absolute atomic E-state index is 14.1. The molecule has 0 spiro atoms. The van der Waals surface area contributed by atoms with E-state index in [9.17, 15) is 14.0 Å². The molecule has 0 atom stereocenters. The lowest BCUT2D eigenvalue weighted by Crippen LogP contribution is -2.38. The molecule has 1 heterocycles. The smallest absolute Gasteiger partial charge is 0.253 e. The molecule has 4 nitrogen and oxygen atoms in total. The Morgan fingerprint density at radius 3 is 2.41 bits per heavy atom. The summed E-state index contributed by atoms with van der Waals surface area (Å²) in [6, 6.07) is 13.7. The standard InChI is InChI=1S/C22H23FN2O2/c23-20-8-2-1-7-19(20)17-5-3-6-18(15-17)22(27)25-12-4-11-24(13-14-25)21(26)16-9-10-16/h1-3,5-8,15-16H,4,9-14H2. The fourth-order valence-electron chi connectivity index (χ4n) is 3.63. The van der Waals surface area contributed by atoms with E-state index in [-0.39, 0.29) is 23.5 Å². The van der Waals surface area contributed by atoms with Crippen molar-refractivity contribution in [1.82, 2.24) is 9.80 Å². The monoisotopic (exact) mass is 366 g/mol. The predicted octanol–water partition coefficient (Wildman–Crippen LogP) is 3.58. The first kappa shape index (κ1) is 17.7. The first-order chi connectivity index (χ1) is 13.1. The van der Waals surface area contributed by atoms with Crippen molar-refractivity contribution in [1.29, 1.82) is 0 Å². The first-order valence-electron chi connectivity index (χ1n) is 9.56. The molecule has 2 amide bonds. The zero-order valence-electron chi connectivity index (χ0n) is 15.2. The lowest BCUT2D eigenvalue weighted by molar-refractivity contribution is -0.132. The number of amides is 2. The zero-order chi connectivity index (χ0) is 18.8. The highest BCUT2D eigenvalue weighted by Crippen LogP contribution is 2.31. The minimum Gasteiger partial charge on any atom is -0.341 e. The zero-order valence-corrected chi connectivity index (χ0v) is 15.2. The molecule has 140 valence electrons. The van der Waals surface area contributed by atoms with Gasteiger partial charge in [-0.2, -0.15) is 0 Å². The SMILES string of the molecule is O=C(c1cccc(-c2ccccc2F)c1)N1CCCN(C(=O)C2CC2)CC1. The molecule has 2 aromatic rings. The van der Waals surface area contributed by atoms with Gasteiger partial charge in [-0.15, -0.1) is 0 Å². The summed E-state index contributed by atoms with van der Waals surface area (Å²) in [6.07, 6.45) is 2.79. The Balaban J connectivity index is 1.49. The predicted molar refractivity (Wildman–Crippen MR) is 102 cm³/mol. The van der Waals surface area contributed by atoms with Crippen molar-refractivity contribution in [2.24, 2.45) is 5.92 Å². The maximum Gasteiger partial charge on any atom is 0.253 e. The van der Waals surface area contributed by atoms with Gasteiger partial charge in [0.2, 0.25) is 5.91 Å². The molecule has 2 fully saturated rings. The van der Waals surface area contributed by atoms with Crippen LogP contribution in [0.1, 0.15) is 29.6 Å². The Hall–Kier alpha value is -2.69. The summed E-state index contributed by atoms with van der Waals surface area (Å²) in [5.41, 5.74) is 1.74. The molecule has 1 aliphatic heterocycles. The highest BCUT2D eigenvalue weighted by molar-refractivity contribution is 5.95. The van der Waals surface area contributed by atoms with Gasteiger partial charge in [0, 0.05) is 43.2 Å². The number of nitrogens with zero attached hydrogens (tertiary/aromatic N) is 2. The van der Waals surface area contributed by atoms with Gasteiger partial charge < -0.3 is 9.80 Å². The topological polar surface area (TPSA) is 40.6 Å². The van der Waals surface area contributed by atoms with Crippen molar-refractivity contribution < 1.29 is 14.0 Å². The number of rotatable bonds is 3. The van der Waals surface area contributed by atoms with Crippen molar-refractivity contribution in [2.45, 2.75) is 19.3 Å². The van der Waals surface area contributed by atoms with Gasteiger partial charge in [0.05, 0.1) is 0 Å². The van der Waals surface area contributed by atoms with Crippen LogP contribution in [0.3, 0.4) is 0 Å². The third-order valence-electron chi connectivity index (χ3n) is 5.32. The van der Waals surface area contributed by atoms with E-state index >= 15 is 0 Å². The van der Waals surface area contributed by atoms with Crippen LogP contribution in [0.2, 0.25) is 0 Å². The Bertz CT molecular complexity index is 863. The summed E-state index contributed by atoms with van der Waals surface area (Å²) >= 11 is 0. The molecule has 0 unspecified atom stereocenters. The van der Waals surface area contributed by atoms with Crippen molar-refractivity contribution in [3.8, 4) is 11.1 Å². The molecular weight excluding hydrogens is 343 g/mol. The van der Waals surface area contributed by atoms with E-state index in [1.54, 1.807) is 41.3 Å². The summed E-state index contributed by atoms with van der Waals surface area (Å²) in [6.45, 7) is 2.49. The lowest BCUT2D eigenvalue weighted by atomic mass is 10.0. The van der Waals surface area contributed by atoms with Gasteiger partial charge in [0.1, 0.15) is 5.82 Å². The number of carbonyl (C=O) groups excluding carboxylic acids is 2. The van der Waals surface area contributed by atoms with E-state index in [1.165, 1.54) is 6.07 Å². The maximum atomic E-state index is 14.1. The Labute approximate surface area is 158 Å². The summed E-state index contributed by atoms with van der Waals surface area (Å²) in [5.74, 6) is 0.0931. The highest BCUT2D eigenvalue weighted by Gasteiger charge is 2.34. The quantitative estimate of drug-likeness (QED) is 0.833. The molecular formula is C22H23FN2O2. The average molecular weight is 366 g/mol. The Morgan fingerprint density at radius 1 is 0.889 bits per heavy atom. The van der Waals surface area contributed by atoms with E-state index in [0.717, 1.165) is 19.3 Å². The summed E-state index contributed by atoms with van der Waals surface area (Å²) in [4.78, 5) is 29.0. The summed E-state index contributed by atoms with van der Waals surface area (Å²) < 4.78 is 14.1. The summed E-state index contributed by atoms with van der Waals surface area (Å²) in [7, 11) is 0. The van der Waals surface area contributed by atoms with Gasteiger partial charge in [0.25, 0.3) is 5.91 Å². The number of benzene rings is 2. The molecule has 1 aliphatic carbocycles. The second kappa shape index (κ2) is 7.51. The Morgan fingerprint density at radius 2 is 1.63 bits per heavy atom. The molecule has 4 rings (SSSR count). The van der Waals surface area contributed by atoms with E-state index in [0.29, 0.717) is 42.9 Å². The van der Waals surface area contributed by atoms with Crippen molar-refractivity contribution in [3.63, 3.8) is 0 Å². The molecule has 5 heteroatoms. The van der Waals surface area contributed by atoms with E-state index < -0.39 is 0 Å². The minimum atomic E-state index is -0.300. The molecule has 2 aliphatic rings. The van der Waals surface area contributed by atoms with Gasteiger partial charge in [-0.3, -0.25) is 9.59 Å². The summed E-state index contributed by atoms with van der Waals surface area (Å²) in [5, 5.41) is 0. The largest absolute Gasteiger partial charge is 0.341 e. The third kappa shape index (κ3) is 3.87. The van der Waals surface area contributed by atoms with Crippen LogP contribution in [0.4, 0.5) is 4.39 Å². The number of halogens is 1. The number of carbonyl (C=O) groups is 2. The van der Waals surface area contributed by atoms with Crippen LogP contribution in [-0.4, -0.2) is 47.8 Å². The van der Waals surface area contributed by atoms with Crippen LogP contribution in [0.15, 0.2) is 48.5 Å². The van der Waals surface area contributed by atoms with Crippen LogP contribution in [-0.2, 0) is 4.79 Å². The highest BCUT2D eigenvalue weighted by atomic mass is 19.1. The number of hydrogen-bond acceptors (Lipinski definition) is 2. The second-order valence-electron chi connectivity index (χ2n) is 7.31. The number of hydrogen-bond donors (Lipinski definition) is 0. The van der Waals surface area contributed by atoms with Gasteiger partial charge >= 0.3 is 0 Å². The molecule has 2 aromatic carbocycles. The van der Waals surface area contributed by atoms with Crippen molar-refractivity contribution in [3.05, 3.63) is 59.9 Å². The normalized spacial score (nSPS) is 17.5. The first-order valence-corrected chi connectivity index (χ1v) is 9.56. The van der Waals surface area contributed by atoms with Crippen LogP contribution < -0.4 is 0 Å². The molecule has 0 aromatic heterocycles.